The maximum atomic E-state index is 13.2. The van der Waals surface area contributed by atoms with Crippen molar-refractivity contribution in [3.63, 3.8) is 0 Å². The van der Waals surface area contributed by atoms with E-state index in [1.807, 2.05) is 19.2 Å². The average molecular weight is 488 g/mol. The first kappa shape index (κ1) is 23.5. The van der Waals surface area contributed by atoms with E-state index >= 15 is 0 Å². The maximum absolute atomic E-state index is 13.2. The Morgan fingerprint density at radius 3 is 2.48 bits per heavy atom. The topological polar surface area (TPSA) is 79.4 Å². The molecule has 0 saturated carbocycles. The Labute approximate surface area is 197 Å². The Bertz CT molecular complexity index is 1260. The van der Waals surface area contributed by atoms with E-state index in [-0.39, 0.29) is 17.3 Å². The maximum Gasteiger partial charge on any atom is 0.243 e. The molecule has 174 valence electrons. The fourth-order valence-electron chi connectivity index (χ4n) is 4.37. The molecule has 9 heteroatoms. The zero-order chi connectivity index (χ0) is 23.8. The van der Waals surface area contributed by atoms with E-state index in [2.05, 4.69) is 29.4 Å². The summed E-state index contributed by atoms with van der Waals surface area (Å²) in [6, 6.07) is 8.97. The van der Waals surface area contributed by atoms with Gasteiger partial charge in [0, 0.05) is 24.0 Å². The molecule has 1 atom stereocenters. The first-order valence-electron chi connectivity index (χ1n) is 10.8. The van der Waals surface area contributed by atoms with Crippen LogP contribution in [-0.4, -0.2) is 36.7 Å². The van der Waals surface area contributed by atoms with Gasteiger partial charge >= 0.3 is 0 Å². The van der Waals surface area contributed by atoms with Crippen molar-refractivity contribution in [1.29, 1.82) is 0 Å². The normalized spacial score (nSPS) is 17.2. The Hall–Kier alpha value is -2.62. The molecule has 1 aliphatic rings. The SMILES string of the molecule is Cc1cc(C)c(-c2csc(NC(=O)C3CCCN(S(=O)(=O)c4ccc(F)cc4)C3)n2)c(C)c1. The number of aromatic nitrogens is 1. The third-order valence-corrected chi connectivity index (χ3v) is 8.51. The zero-order valence-electron chi connectivity index (χ0n) is 18.8. The zero-order valence-corrected chi connectivity index (χ0v) is 20.4. The number of benzene rings is 2. The lowest BCUT2D eigenvalue weighted by molar-refractivity contribution is -0.120. The van der Waals surface area contributed by atoms with Crippen LogP contribution in [0.25, 0.3) is 11.3 Å². The summed E-state index contributed by atoms with van der Waals surface area (Å²) >= 11 is 1.35. The molecule has 0 bridgehead atoms. The second-order valence-corrected chi connectivity index (χ2v) is 11.3. The summed E-state index contributed by atoms with van der Waals surface area (Å²) in [6.45, 7) is 6.56. The number of amides is 1. The summed E-state index contributed by atoms with van der Waals surface area (Å²) in [5.41, 5.74) is 5.32. The molecule has 3 aromatic rings. The molecule has 0 radical (unpaired) electrons. The van der Waals surface area contributed by atoms with Gasteiger partial charge in [0.1, 0.15) is 5.82 Å². The molecule has 0 spiro atoms. The van der Waals surface area contributed by atoms with Gasteiger partial charge < -0.3 is 5.32 Å². The predicted octanol–water partition coefficient (Wildman–Crippen LogP) is 4.91. The van der Waals surface area contributed by atoms with E-state index in [4.69, 9.17) is 0 Å². The number of anilines is 1. The van der Waals surface area contributed by atoms with E-state index in [1.165, 1.54) is 33.3 Å². The minimum Gasteiger partial charge on any atom is -0.302 e. The van der Waals surface area contributed by atoms with E-state index in [0.29, 0.717) is 24.5 Å². The van der Waals surface area contributed by atoms with Crippen molar-refractivity contribution < 1.29 is 17.6 Å². The molecular weight excluding hydrogens is 461 g/mol. The molecule has 4 rings (SSSR count). The number of carbonyl (C=O) groups excluding carboxylic acids is 1. The highest BCUT2D eigenvalue weighted by Crippen LogP contribution is 2.32. The van der Waals surface area contributed by atoms with Crippen LogP contribution in [0, 0.1) is 32.5 Å². The van der Waals surface area contributed by atoms with Crippen molar-refractivity contribution >= 4 is 32.4 Å². The molecule has 1 N–H and O–H groups in total. The van der Waals surface area contributed by atoms with Gasteiger partial charge in [0.05, 0.1) is 16.5 Å². The van der Waals surface area contributed by atoms with Gasteiger partial charge in [0.15, 0.2) is 5.13 Å². The van der Waals surface area contributed by atoms with Crippen molar-refractivity contribution in [3.8, 4) is 11.3 Å². The van der Waals surface area contributed by atoms with Crippen LogP contribution in [0.4, 0.5) is 9.52 Å². The largest absolute Gasteiger partial charge is 0.302 e. The van der Waals surface area contributed by atoms with Crippen molar-refractivity contribution in [1.82, 2.24) is 9.29 Å². The highest BCUT2D eigenvalue weighted by molar-refractivity contribution is 7.89. The lowest BCUT2D eigenvalue weighted by Crippen LogP contribution is -2.43. The number of carbonyl (C=O) groups is 1. The number of hydrogen-bond acceptors (Lipinski definition) is 5. The summed E-state index contributed by atoms with van der Waals surface area (Å²) in [5, 5.41) is 5.29. The average Bonchev–Trinajstić information content (AvgIpc) is 3.21. The fourth-order valence-corrected chi connectivity index (χ4v) is 6.60. The molecule has 1 fully saturated rings. The van der Waals surface area contributed by atoms with Gasteiger partial charge in [-0.25, -0.2) is 17.8 Å². The third kappa shape index (κ3) is 5.00. The lowest BCUT2D eigenvalue weighted by atomic mass is 9.98. The summed E-state index contributed by atoms with van der Waals surface area (Å²) in [6.07, 6.45) is 1.17. The van der Waals surface area contributed by atoms with Crippen LogP contribution in [0.2, 0.25) is 0 Å². The number of piperidine rings is 1. The van der Waals surface area contributed by atoms with Crippen molar-refractivity contribution in [2.24, 2.45) is 5.92 Å². The van der Waals surface area contributed by atoms with Crippen LogP contribution in [0.15, 0.2) is 46.7 Å². The molecule has 2 heterocycles. The molecule has 1 saturated heterocycles. The molecule has 1 amide bonds. The molecule has 2 aromatic carbocycles. The van der Waals surface area contributed by atoms with E-state index in [1.54, 1.807) is 0 Å². The summed E-state index contributed by atoms with van der Waals surface area (Å²) in [4.78, 5) is 17.6. The van der Waals surface area contributed by atoms with Crippen molar-refractivity contribution in [3.05, 3.63) is 64.3 Å². The van der Waals surface area contributed by atoms with Crippen LogP contribution >= 0.6 is 11.3 Å². The van der Waals surface area contributed by atoms with Gasteiger partial charge in [-0.05, 0) is 69.0 Å². The van der Waals surface area contributed by atoms with Crippen molar-refractivity contribution in [2.75, 3.05) is 18.4 Å². The second-order valence-electron chi connectivity index (χ2n) is 8.46. The smallest absolute Gasteiger partial charge is 0.243 e. The number of aryl methyl sites for hydroxylation is 3. The van der Waals surface area contributed by atoms with Crippen LogP contribution in [-0.2, 0) is 14.8 Å². The van der Waals surface area contributed by atoms with Crippen LogP contribution < -0.4 is 5.32 Å². The standard InChI is InChI=1S/C24H26FN3O3S2/c1-15-11-16(2)22(17(3)12-15)21-14-32-24(26-21)27-23(29)18-5-4-10-28(13-18)33(30,31)20-8-6-19(25)7-9-20/h6-9,11-12,14,18H,4-5,10,13H2,1-3H3,(H,26,27,29). The quantitative estimate of drug-likeness (QED) is 0.554. The minimum absolute atomic E-state index is 0.0263. The molecule has 1 unspecified atom stereocenters. The molecular formula is C24H26FN3O3S2. The first-order chi connectivity index (χ1) is 15.6. The van der Waals surface area contributed by atoms with Crippen LogP contribution in [0.1, 0.15) is 29.5 Å². The molecule has 0 aliphatic carbocycles. The summed E-state index contributed by atoms with van der Waals surface area (Å²) in [5.74, 6) is -1.22. The molecule has 1 aliphatic heterocycles. The number of hydrogen-bond donors (Lipinski definition) is 1. The highest BCUT2D eigenvalue weighted by atomic mass is 32.2. The van der Waals surface area contributed by atoms with Gasteiger partial charge in [-0.3, -0.25) is 4.79 Å². The molecule has 6 nitrogen and oxygen atoms in total. The van der Waals surface area contributed by atoms with Gasteiger partial charge in [-0.1, -0.05) is 17.7 Å². The van der Waals surface area contributed by atoms with Gasteiger partial charge in [0.25, 0.3) is 0 Å². The Kier molecular flexibility index (Phi) is 6.65. The summed E-state index contributed by atoms with van der Waals surface area (Å²) < 4.78 is 40.4. The minimum atomic E-state index is -3.79. The Morgan fingerprint density at radius 1 is 1.15 bits per heavy atom. The predicted molar refractivity (Wildman–Crippen MR) is 128 cm³/mol. The lowest BCUT2D eigenvalue weighted by Gasteiger charge is -2.31. The van der Waals surface area contributed by atoms with Gasteiger partial charge in [-0.15, -0.1) is 11.3 Å². The Morgan fingerprint density at radius 2 is 1.82 bits per heavy atom. The summed E-state index contributed by atoms with van der Waals surface area (Å²) in [7, 11) is -3.79. The number of sulfonamides is 1. The van der Waals surface area contributed by atoms with Crippen LogP contribution in [0.5, 0.6) is 0 Å². The number of halogens is 1. The number of rotatable bonds is 5. The van der Waals surface area contributed by atoms with E-state index in [0.717, 1.165) is 34.5 Å². The second kappa shape index (κ2) is 9.32. The first-order valence-corrected chi connectivity index (χ1v) is 13.1. The van der Waals surface area contributed by atoms with E-state index in [9.17, 15) is 17.6 Å². The number of thiazole rings is 1. The van der Waals surface area contributed by atoms with E-state index < -0.39 is 21.8 Å². The van der Waals surface area contributed by atoms with Crippen molar-refractivity contribution in [2.45, 2.75) is 38.5 Å². The third-order valence-electron chi connectivity index (χ3n) is 5.87. The fraction of sp³-hybridized carbons (Fsp3) is 0.333. The molecule has 33 heavy (non-hydrogen) atoms. The Balaban J connectivity index is 1.47. The number of nitrogens with one attached hydrogen (secondary N) is 1. The molecule has 1 aromatic heterocycles. The monoisotopic (exact) mass is 487 g/mol. The van der Waals surface area contributed by atoms with Gasteiger partial charge in [0.2, 0.25) is 15.9 Å². The van der Waals surface area contributed by atoms with Crippen LogP contribution in [0.3, 0.4) is 0 Å². The highest BCUT2D eigenvalue weighted by Gasteiger charge is 2.33. The number of nitrogens with zero attached hydrogens (tertiary/aromatic N) is 2. The van der Waals surface area contributed by atoms with Gasteiger partial charge in [-0.2, -0.15) is 4.31 Å².